The van der Waals surface area contributed by atoms with Gasteiger partial charge in [0.15, 0.2) is 0 Å². The summed E-state index contributed by atoms with van der Waals surface area (Å²) in [7, 11) is -0.657. The van der Waals surface area contributed by atoms with E-state index in [1.165, 1.54) is 29.2 Å². The Bertz CT molecular complexity index is 822. The van der Waals surface area contributed by atoms with Crippen LogP contribution in [0.4, 0.5) is 0 Å². The first-order valence-electron chi connectivity index (χ1n) is 5.20. The molecule has 0 unspecified atom stereocenters. The van der Waals surface area contributed by atoms with E-state index in [9.17, 15) is 16.8 Å². The maximum absolute atomic E-state index is 11.9. The lowest BCUT2D eigenvalue weighted by atomic mass is 10.5. The van der Waals surface area contributed by atoms with Crippen LogP contribution in [0, 0.1) is 0 Å². The maximum atomic E-state index is 11.9. The van der Waals surface area contributed by atoms with E-state index in [4.69, 9.17) is 10.7 Å². The Labute approximate surface area is 124 Å². The van der Waals surface area contributed by atoms with Crippen LogP contribution in [0.5, 0.6) is 0 Å². The number of nitrogens with zero attached hydrogens (tertiary/aromatic N) is 2. The van der Waals surface area contributed by atoms with Crippen LogP contribution in [0.2, 0.25) is 0 Å². The fraction of sp³-hybridized carbons (Fsp3) is 0.222. The number of aryl methyl sites for hydroxylation is 1. The van der Waals surface area contributed by atoms with Gasteiger partial charge in [-0.3, -0.25) is 4.68 Å². The lowest BCUT2D eigenvalue weighted by Gasteiger charge is -2.02. The molecule has 1 N–H and O–H groups in total. The first-order chi connectivity index (χ1) is 9.18. The normalized spacial score (nSPS) is 12.7. The van der Waals surface area contributed by atoms with E-state index in [0.717, 1.165) is 11.3 Å². The van der Waals surface area contributed by atoms with Gasteiger partial charge < -0.3 is 0 Å². The highest BCUT2D eigenvalue weighted by molar-refractivity contribution is 8.15. The summed E-state index contributed by atoms with van der Waals surface area (Å²) in [6, 6.07) is 2.84. The maximum Gasteiger partial charge on any atom is 0.270 e. The Morgan fingerprint density at radius 1 is 1.35 bits per heavy atom. The van der Waals surface area contributed by atoms with Gasteiger partial charge in [-0.1, -0.05) is 0 Å². The van der Waals surface area contributed by atoms with Crippen molar-refractivity contribution in [3.63, 3.8) is 0 Å². The van der Waals surface area contributed by atoms with Crippen LogP contribution in [-0.2, 0) is 32.7 Å². The minimum atomic E-state index is -3.78. The SMILES string of the molecule is Cn1cc(S(=O)(=O)NCc2ccc(S(=O)(=O)Cl)s2)cn1. The third kappa shape index (κ3) is 3.58. The van der Waals surface area contributed by atoms with E-state index in [1.807, 2.05) is 0 Å². The molecule has 0 fully saturated rings. The minimum Gasteiger partial charge on any atom is -0.274 e. The number of nitrogens with one attached hydrogen (secondary N) is 1. The van der Waals surface area contributed by atoms with Gasteiger partial charge in [0.2, 0.25) is 10.0 Å². The molecule has 2 rings (SSSR count). The summed E-state index contributed by atoms with van der Waals surface area (Å²) in [5, 5.41) is 3.78. The molecule has 0 spiro atoms. The van der Waals surface area contributed by atoms with Crippen LogP contribution in [-0.4, -0.2) is 26.6 Å². The van der Waals surface area contributed by atoms with Gasteiger partial charge in [0.1, 0.15) is 9.10 Å². The van der Waals surface area contributed by atoms with Crippen molar-refractivity contribution in [3.05, 3.63) is 29.4 Å². The summed E-state index contributed by atoms with van der Waals surface area (Å²) in [6.07, 6.45) is 2.59. The molecular formula is C9H10ClN3O4S3. The van der Waals surface area contributed by atoms with Gasteiger partial charge >= 0.3 is 0 Å². The average molecular weight is 356 g/mol. The van der Waals surface area contributed by atoms with Crippen molar-refractivity contribution in [3.8, 4) is 0 Å². The molecule has 110 valence electrons. The lowest BCUT2D eigenvalue weighted by molar-refractivity contribution is 0.581. The molecule has 2 aromatic heterocycles. The van der Waals surface area contributed by atoms with Gasteiger partial charge in [-0.05, 0) is 12.1 Å². The Kier molecular flexibility index (Phi) is 4.21. The van der Waals surface area contributed by atoms with E-state index in [2.05, 4.69) is 9.82 Å². The molecule has 0 saturated carbocycles. The molecule has 0 aliphatic carbocycles. The van der Waals surface area contributed by atoms with Crippen molar-refractivity contribution in [2.75, 3.05) is 0 Å². The Hall–Kier alpha value is -0.940. The first kappa shape index (κ1) is 15.4. The summed E-state index contributed by atoms with van der Waals surface area (Å²) in [5.74, 6) is 0. The number of sulfonamides is 1. The molecule has 0 aromatic carbocycles. The largest absolute Gasteiger partial charge is 0.274 e. The second kappa shape index (κ2) is 5.45. The van der Waals surface area contributed by atoms with Crippen molar-refractivity contribution in [1.29, 1.82) is 0 Å². The topological polar surface area (TPSA) is 98.1 Å². The average Bonchev–Trinajstić information content (AvgIpc) is 2.94. The van der Waals surface area contributed by atoms with Crippen LogP contribution in [0.25, 0.3) is 0 Å². The molecule has 0 amide bonds. The van der Waals surface area contributed by atoms with E-state index >= 15 is 0 Å². The summed E-state index contributed by atoms with van der Waals surface area (Å²) >= 11 is 0.913. The standard InChI is InChI=1S/C9H10ClN3O4S3/c1-13-6-8(5-11-13)20(16,17)12-4-7-2-3-9(18-7)19(10,14)15/h2-3,5-6,12H,4H2,1H3. The fourth-order valence-electron chi connectivity index (χ4n) is 1.37. The van der Waals surface area contributed by atoms with Crippen LogP contribution in [0.3, 0.4) is 0 Å². The number of aromatic nitrogens is 2. The summed E-state index contributed by atoms with van der Waals surface area (Å²) < 4.78 is 49.7. The molecule has 2 heterocycles. The Balaban J connectivity index is 2.11. The number of hydrogen-bond acceptors (Lipinski definition) is 6. The monoisotopic (exact) mass is 355 g/mol. The Morgan fingerprint density at radius 2 is 2.05 bits per heavy atom. The van der Waals surface area contributed by atoms with Crippen LogP contribution >= 0.6 is 22.0 Å². The zero-order chi connectivity index (χ0) is 15.0. The molecule has 0 atom stereocenters. The van der Waals surface area contributed by atoms with Crippen LogP contribution in [0.1, 0.15) is 4.88 Å². The molecule has 20 heavy (non-hydrogen) atoms. The quantitative estimate of drug-likeness (QED) is 0.803. The second-order valence-electron chi connectivity index (χ2n) is 3.83. The van der Waals surface area contributed by atoms with Gasteiger partial charge in [0, 0.05) is 35.3 Å². The molecule has 0 aliphatic heterocycles. The van der Waals surface area contributed by atoms with Gasteiger partial charge in [-0.2, -0.15) is 5.10 Å². The number of halogens is 1. The van der Waals surface area contributed by atoms with Crippen molar-refractivity contribution >= 4 is 41.1 Å². The predicted octanol–water partition coefficient (Wildman–Crippen LogP) is 0.888. The molecule has 11 heteroatoms. The number of rotatable bonds is 5. The zero-order valence-electron chi connectivity index (χ0n) is 10.1. The van der Waals surface area contributed by atoms with Gasteiger partial charge in [-0.25, -0.2) is 21.6 Å². The highest BCUT2D eigenvalue weighted by Crippen LogP contribution is 2.24. The fourth-order valence-corrected chi connectivity index (χ4v) is 4.51. The van der Waals surface area contributed by atoms with E-state index in [1.54, 1.807) is 7.05 Å². The molecule has 0 saturated heterocycles. The highest BCUT2D eigenvalue weighted by atomic mass is 35.7. The van der Waals surface area contributed by atoms with E-state index < -0.39 is 19.1 Å². The van der Waals surface area contributed by atoms with Gasteiger partial charge in [0.05, 0.1) is 6.20 Å². The van der Waals surface area contributed by atoms with Crippen molar-refractivity contribution in [2.24, 2.45) is 7.05 Å². The smallest absolute Gasteiger partial charge is 0.270 e. The molecule has 2 aromatic rings. The van der Waals surface area contributed by atoms with E-state index in [-0.39, 0.29) is 15.6 Å². The van der Waals surface area contributed by atoms with Crippen molar-refractivity contribution in [2.45, 2.75) is 15.6 Å². The molecule has 7 nitrogen and oxygen atoms in total. The number of hydrogen-bond donors (Lipinski definition) is 1. The van der Waals surface area contributed by atoms with Crippen molar-refractivity contribution in [1.82, 2.24) is 14.5 Å². The van der Waals surface area contributed by atoms with Gasteiger partial charge in [-0.15, -0.1) is 11.3 Å². The zero-order valence-corrected chi connectivity index (χ0v) is 13.4. The predicted molar refractivity (Wildman–Crippen MR) is 74.6 cm³/mol. The second-order valence-corrected chi connectivity index (χ2v) is 9.56. The van der Waals surface area contributed by atoms with Gasteiger partial charge in [0.25, 0.3) is 9.05 Å². The highest BCUT2D eigenvalue weighted by Gasteiger charge is 2.17. The van der Waals surface area contributed by atoms with Crippen LogP contribution < -0.4 is 4.72 Å². The summed E-state index contributed by atoms with van der Waals surface area (Å²) in [5.41, 5.74) is 0. The first-order valence-corrected chi connectivity index (χ1v) is 9.81. The minimum absolute atomic E-state index is 0.0188. The van der Waals surface area contributed by atoms with E-state index in [0.29, 0.717) is 4.88 Å². The molecular weight excluding hydrogens is 346 g/mol. The third-order valence-corrected chi connectivity index (χ3v) is 6.84. The number of thiophene rings is 1. The lowest BCUT2D eigenvalue weighted by Crippen LogP contribution is -2.22. The van der Waals surface area contributed by atoms with Crippen LogP contribution in [0.15, 0.2) is 33.6 Å². The molecule has 0 aliphatic rings. The molecule has 0 bridgehead atoms. The Morgan fingerprint density at radius 3 is 2.55 bits per heavy atom. The van der Waals surface area contributed by atoms with Crippen molar-refractivity contribution < 1.29 is 16.8 Å². The summed E-state index contributed by atoms with van der Waals surface area (Å²) in [4.78, 5) is 0.582. The molecule has 0 radical (unpaired) electrons. The third-order valence-electron chi connectivity index (χ3n) is 2.31. The summed E-state index contributed by atoms with van der Waals surface area (Å²) in [6.45, 7) is -0.0195.